The zero-order valence-corrected chi connectivity index (χ0v) is 17.4. The average molecular weight is 409 g/mol. The van der Waals surface area contributed by atoms with Gasteiger partial charge in [-0.05, 0) is 24.1 Å². The maximum absolute atomic E-state index is 12.8. The van der Waals surface area contributed by atoms with E-state index in [2.05, 4.69) is 10.2 Å². The lowest BCUT2D eigenvalue weighted by Gasteiger charge is -2.22. The first-order valence-corrected chi connectivity index (χ1v) is 10.2. The minimum atomic E-state index is -0.449. The molecule has 0 bridgehead atoms. The van der Waals surface area contributed by atoms with Crippen LogP contribution in [0.4, 0.5) is 5.00 Å². The summed E-state index contributed by atoms with van der Waals surface area (Å²) in [6, 6.07) is 21.9. The number of benzene rings is 2. The highest BCUT2D eigenvalue weighted by atomic mass is 32.1. The van der Waals surface area contributed by atoms with E-state index in [1.165, 1.54) is 18.4 Å². The molecule has 29 heavy (non-hydrogen) atoms. The minimum absolute atomic E-state index is 0.163. The van der Waals surface area contributed by atoms with Crippen LogP contribution in [0.5, 0.6) is 0 Å². The molecular weight excluding hydrogens is 384 g/mol. The molecule has 3 aromatic rings. The van der Waals surface area contributed by atoms with E-state index in [4.69, 9.17) is 4.74 Å². The van der Waals surface area contributed by atoms with E-state index in [0.29, 0.717) is 23.7 Å². The summed E-state index contributed by atoms with van der Waals surface area (Å²) < 4.78 is 4.82. The SMILES string of the molecule is COC(=O)c1cc(C)sc1NC(=O)CN(Cc1ccccc1)Cc1ccccc1. The Hall–Kier alpha value is -2.96. The van der Waals surface area contributed by atoms with Gasteiger partial charge < -0.3 is 10.1 Å². The van der Waals surface area contributed by atoms with Gasteiger partial charge in [-0.1, -0.05) is 60.7 Å². The highest BCUT2D eigenvalue weighted by Gasteiger charge is 2.19. The molecule has 0 spiro atoms. The van der Waals surface area contributed by atoms with Gasteiger partial charge in [0.25, 0.3) is 0 Å². The van der Waals surface area contributed by atoms with Gasteiger partial charge in [0, 0.05) is 18.0 Å². The van der Waals surface area contributed by atoms with Crippen molar-refractivity contribution in [2.45, 2.75) is 20.0 Å². The third-order valence-corrected chi connectivity index (χ3v) is 5.34. The van der Waals surface area contributed by atoms with Crippen molar-refractivity contribution in [3.63, 3.8) is 0 Å². The number of anilines is 1. The fourth-order valence-corrected chi connectivity index (χ4v) is 4.00. The average Bonchev–Trinajstić information content (AvgIpc) is 3.08. The van der Waals surface area contributed by atoms with Gasteiger partial charge in [0.05, 0.1) is 19.2 Å². The first kappa shape index (κ1) is 20.8. The first-order chi connectivity index (χ1) is 14.0. The number of esters is 1. The molecule has 1 N–H and O–H groups in total. The maximum atomic E-state index is 12.8. The summed E-state index contributed by atoms with van der Waals surface area (Å²) in [6.07, 6.45) is 0. The van der Waals surface area contributed by atoms with Crippen molar-refractivity contribution in [1.29, 1.82) is 0 Å². The van der Waals surface area contributed by atoms with Gasteiger partial charge in [0.2, 0.25) is 5.91 Å². The zero-order valence-electron chi connectivity index (χ0n) is 16.6. The molecule has 0 fully saturated rings. The van der Waals surface area contributed by atoms with Crippen LogP contribution in [-0.2, 0) is 22.6 Å². The highest BCUT2D eigenvalue weighted by Crippen LogP contribution is 2.28. The number of nitrogens with zero attached hydrogens (tertiary/aromatic N) is 1. The molecule has 0 saturated carbocycles. The molecule has 150 valence electrons. The van der Waals surface area contributed by atoms with Crippen LogP contribution in [0.25, 0.3) is 0 Å². The summed E-state index contributed by atoms with van der Waals surface area (Å²) >= 11 is 1.37. The molecule has 0 saturated heterocycles. The molecule has 1 aromatic heterocycles. The molecule has 0 aliphatic heterocycles. The first-order valence-electron chi connectivity index (χ1n) is 9.34. The fraction of sp³-hybridized carbons (Fsp3) is 0.217. The molecule has 5 nitrogen and oxygen atoms in total. The molecule has 0 atom stereocenters. The predicted molar refractivity (Wildman–Crippen MR) is 116 cm³/mol. The third kappa shape index (κ3) is 6.01. The molecule has 2 aromatic carbocycles. The van der Waals surface area contributed by atoms with Gasteiger partial charge in [-0.2, -0.15) is 0 Å². The van der Waals surface area contributed by atoms with Crippen LogP contribution in [-0.4, -0.2) is 30.4 Å². The van der Waals surface area contributed by atoms with Gasteiger partial charge in [-0.3, -0.25) is 9.69 Å². The van der Waals surface area contributed by atoms with Gasteiger partial charge in [0.15, 0.2) is 0 Å². The van der Waals surface area contributed by atoms with E-state index in [9.17, 15) is 9.59 Å². The second-order valence-electron chi connectivity index (χ2n) is 6.76. The van der Waals surface area contributed by atoms with E-state index < -0.39 is 5.97 Å². The maximum Gasteiger partial charge on any atom is 0.340 e. The number of rotatable bonds is 8. The summed E-state index contributed by atoms with van der Waals surface area (Å²) in [5.41, 5.74) is 2.66. The second-order valence-corrected chi connectivity index (χ2v) is 8.01. The van der Waals surface area contributed by atoms with E-state index in [-0.39, 0.29) is 12.5 Å². The molecule has 0 unspecified atom stereocenters. The van der Waals surface area contributed by atoms with E-state index in [1.807, 2.05) is 67.6 Å². The lowest BCUT2D eigenvalue weighted by molar-refractivity contribution is -0.117. The van der Waals surface area contributed by atoms with Crippen molar-refractivity contribution < 1.29 is 14.3 Å². The van der Waals surface area contributed by atoms with Gasteiger partial charge in [-0.25, -0.2) is 4.79 Å². The number of amides is 1. The van der Waals surface area contributed by atoms with Crippen molar-refractivity contribution in [2.75, 3.05) is 19.0 Å². The molecule has 6 heteroatoms. The summed E-state index contributed by atoms with van der Waals surface area (Å²) in [4.78, 5) is 27.8. The number of nitrogens with one attached hydrogen (secondary N) is 1. The van der Waals surface area contributed by atoms with Crippen LogP contribution in [0, 0.1) is 6.92 Å². The Morgan fingerprint density at radius 3 is 2.03 bits per heavy atom. The van der Waals surface area contributed by atoms with Crippen LogP contribution >= 0.6 is 11.3 Å². The van der Waals surface area contributed by atoms with Crippen LogP contribution < -0.4 is 5.32 Å². The molecule has 1 heterocycles. The molecule has 0 aliphatic carbocycles. The Kier molecular flexibility index (Phi) is 7.16. The summed E-state index contributed by atoms with van der Waals surface area (Å²) in [7, 11) is 1.34. The monoisotopic (exact) mass is 408 g/mol. The number of thiophene rings is 1. The standard InChI is InChI=1S/C23H24N2O3S/c1-17-13-20(23(27)28-2)22(29-17)24-21(26)16-25(14-18-9-5-3-6-10-18)15-19-11-7-4-8-12-19/h3-13H,14-16H2,1-2H3,(H,24,26). The smallest absolute Gasteiger partial charge is 0.340 e. The fourth-order valence-electron chi connectivity index (χ4n) is 3.09. The largest absolute Gasteiger partial charge is 0.465 e. The van der Waals surface area contributed by atoms with Crippen molar-refractivity contribution >= 4 is 28.2 Å². The number of methoxy groups -OCH3 is 1. The predicted octanol–water partition coefficient (Wildman–Crippen LogP) is 4.48. The zero-order chi connectivity index (χ0) is 20.6. The quantitative estimate of drug-likeness (QED) is 0.558. The Morgan fingerprint density at radius 2 is 1.52 bits per heavy atom. The molecular formula is C23H24N2O3S. The molecule has 0 aliphatic rings. The lowest BCUT2D eigenvalue weighted by Crippen LogP contribution is -2.32. The summed E-state index contributed by atoms with van der Waals surface area (Å²) in [5, 5.41) is 3.41. The number of aryl methyl sites for hydroxylation is 1. The molecule has 0 radical (unpaired) electrons. The van der Waals surface area contributed by atoms with Gasteiger partial charge >= 0.3 is 5.97 Å². The van der Waals surface area contributed by atoms with E-state index in [1.54, 1.807) is 6.07 Å². The van der Waals surface area contributed by atoms with Crippen molar-refractivity contribution in [1.82, 2.24) is 4.90 Å². The van der Waals surface area contributed by atoms with Gasteiger partial charge in [0.1, 0.15) is 5.00 Å². The minimum Gasteiger partial charge on any atom is -0.465 e. The van der Waals surface area contributed by atoms with Crippen LogP contribution in [0.1, 0.15) is 26.4 Å². The Labute approximate surface area is 174 Å². The third-order valence-electron chi connectivity index (χ3n) is 4.38. The number of carbonyl (C=O) groups is 2. The van der Waals surface area contributed by atoms with Crippen molar-refractivity contribution in [3.05, 3.63) is 88.3 Å². The van der Waals surface area contributed by atoms with Gasteiger partial charge in [-0.15, -0.1) is 11.3 Å². The molecule has 1 amide bonds. The molecule has 3 rings (SSSR count). The summed E-state index contributed by atoms with van der Waals surface area (Å²) in [5.74, 6) is -0.612. The number of carbonyl (C=O) groups excluding carboxylic acids is 2. The Bertz CT molecular complexity index is 913. The van der Waals surface area contributed by atoms with Crippen LogP contribution in [0.2, 0.25) is 0 Å². The van der Waals surface area contributed by atoms with Crippen molar-refractivity contribution in [2.24, 2.45) is 0 Å². The second kappa shape index (κ2) is 10.0. The van der Waals surface area contributed by atoms with E-state index >= 15 is 0 Å². The van der Waals surface area contributed by atoms with Crippen LogP contribution in [0.15, 0.2) is 66.7 Å². The topological polar surface area (TPSA) is 58.6 Å². The van der Waals surface area contributed by atoms with E-state index in [0.717, 1.165) is 16.0 Å². The summed E-state index contributed by atoms with van der Waals surface area (Å²) in [6.45, 7) is 3.40. The normalized spacial score (nSPS) is 10.7. The Balaban J connectivity index is 1.73. The number of hydrogen-bond donors (Lipinski definition) is 1. The highest BCUT2D eigenvalue weighted by molar-refractivity contribution is 7.16. The Morgan fingerprint density at radius 1 is 0.966 bits per heavy atom. The van der Waals surface area contributed by atoms with Crippen molar-refractivity contribution in [3.8, 4) is 0 Å². The number of ether oxygens (including phenoxy) is 1. The lowest BCUT2D eigenvalue weighted by atomic mass is 10.1. The van der Waals surface area contributed by atoms with Crippen LogP contribution in [0.3, 0.4) is 0 Å². The number of hydrogen-bond acceptors (Lipinski definition) is 5.